The average Bonchev–Trinajstić information content (AvgIpc) is 3.97. The summed E-state index contributed by atoms with van der Waals surface area (Å²) in [6, 6.07) is 83.8. The molecule has 314 valence electrons. The Hall–Kier alpha value is -8.98. The number of fused-ring (bicyclic) bond motifs is 14. The molecule has 2 heterocycles. The van der Waals surface area contributed by atoms with Gasteiger partial charge in [-0.2, -0.15) is 0 Å². The minimum absolute atomic E-state index is 0.872. The summed E-state index contributed by atoms with van der Waals surface area (Å²) in [7, 11) is 0. The Morgan fingerprint density at radius 1 is 0.191 bits per heavy atom. The summed E-state index contributed by atoms with van der Waals surface area (Å²) in [5, 5.41) is 19.1. The first-order valence-corrected chi connectivity index (χ1v) is 23.4. The smallest absolute Gasteiger partial charge is 0.136 e. The Labute approximate surface area is 390 Å². The number of hydrogen-bond acceptors (Lipinski definition) is 2. The van der Waals surface area contributed by atoms with Crippen LogP contribution in [0.4, 0.5) is 0 Å². The first-order valence-electron chi connectivity index (χ1n) is 23.4. The maximum Gasteiger partial charge on any atom is 0.136 e. The van der Waals surface area contributed by atoms with Crippen molar-refractivity contribution in [3.05, 3.63) is 231 Å². The summed E-state index contributed by atoms with van der Waals surface area (Å²) in [6.45, 7) is 0. The molecule has 0 fully saturated rings. The first-order chi connectivity index (χ1) is 33.7. The molecule has 0 aliphatic carbocycles. The summed E-state index contributed by atoms with van der Waals surface area (Å²) < 4.78 is 13.6. The number of rotatable bonds is 4. The van der Waals surface area contributed by atoms with Crippen molar-refractivity contribution in [3.8, 4) is 44.5 Å². The Bertz CT molecular complexity index is 4490. The van der Waals surface area contributed by atoms with E-state index in [1.807, 2.05) is 0 Å². The lowest BCUT2D eigenvalue weighted by molar-refractivity contribution is 0.668. The van der Waals surface area contributed by atoms with Crippen LogP contribution in [0.15, 0.2) is 239 Å². The summed E-state index contributed by atoms with van der Waals surface area (Å²) >= 11 is 0. The first kappa shape index (κ1) is 37.3. The summed E-state index contributed by atoms with van der Waals surface area (Å²) in [5.41, 5.74) is 13.2. The van der Waals surface area contributed by atoms with Gasteiger partial charge in [-0.05, 0) is 164 Å². The van der Waals surface area contributed by atoms with E-state index in [9.17, 15) is 0 Å². The lowest BCUT2D eigenvalue weighted by Crippen LogP contribution is -1.91. The lowest BCUT2D eigenvalue weighted by atomic mass is 9.85. The third kappa shape index (κ3) is 5.34. The van der Waals surface area contributed by atoms with Crippen LogP contribution in [-0.2, 0) is 0 Å². The second kappa shape index (κ2) is 14.3. The molecular weight excluding hydrogens is 825 g/mol. The SMILES string of the molecule is c1ccc(-c2c3ccccc3c(-c3ccc4c(c3)oc3ccc5c(ccc6oc7cc(-c8c9ccccc9c(-c9ccc%10ccccc%10c9)c9ccccc89)ccc7c65)c34)c3ccccc23)cc1. The van der Waals surface area contributed by atoms with Gasteiger partial charge in [0.15, 0.2) is 0 Å². The highest BCUT2D eigenvalue weighted by Gasteiger charge is 2.22. The molecule has 0 bridgehead atoms. The van der Waals surface area contributed by atoms with E-state index < -0.39 is 0 Å². The minimum atomic E-state index is 0.872. The van der Waals surface area contributed by atoms with Gasteiger partial charge in [-0.15, -0.1) is 0 Å². The number of furan rings is 2. The predicted octanol–water partition coefficient (Wildman–Crippen LogP) is 19.1. The molecule has 0 unspecified atom stereocenters. The topological polar surface area (TPSA) is 26.3 Å². The molecule has 0 aliphatic heterocycles. The van der Waals surface area contributed by atoms with Crippen molar-refractivity contribution in [1.29, 1.82) is 0 Å². The van der Waals surface area contributed by atoms with Crippen LogP contribution in [0.5, 0.6) is 0 Å². The van der Waals surface area contributed by atoms with Gasteiger partial charge >= 0.3 is 0 Å². The Balaban J connectivity index is 0.892. The second-order valence-corrected chi connectivity index (χ2v) is 18.2. The normalized spacial score (nSPS) is 12.1. The van der Waals surface area contributed by atoms with Crippen LogP contribution >= 0.6 is 0 Å². The van der Waals surface area contributed by atoms with E-state index >= 15 is 0 Å². The van der Waals surface area contributed by atoms with E-state index in [1.54, 1.807) is 0 Å². The fraction of sp³-hybridized carbons (Fsp3) is 0. The summed E-state index contributed by atoms with van der Waals surface area (Å²) in [4.78, 5) is 0. The molecule has 0 N–H and O–H groups in total. The van der Waals surface area contributed by atoms with Gasteiger partial charge in [0.2, 0.25) is 0 Å². The maximum atomic E-state index is 6.81. The molecular formula is C66H38O2. The van der Waals surface area contributed by atoms with Crippen molar-refractivity contribution >= 4 is 109 Å². The molecule has 0 atom stereocenters. The molecule has 2 heteroatoms. The summed E-state index contributed by atoms with van der Waals surface area (Å²) in [6.07, 6.45) is 0. The van der Waals surface area contributed by atoms with Gasteiger partial charge in [-0.3, -0.25) is 0 Å². The van der Waals surface area contributed by atoms with Crippen LogP contribution in [0.2, 0.25) is 0 Å². The lowest BCUT2D eigenvalue weighted by Gasteiger charge is -2.18. The van der Waals surface area contributed by atoms with Crippen molar-refractivity contribution in [2.24, 2.45) is 0 Å². The molecule has 68 heavy (non-hydrogen) atoms. The molecule has 2 aromatic heterocycles. The van der Waals surface area contributed by atoms with E-state index in [0.29, 0.717) is 0 Å². The fourth-order valence-electron chi connectivity index (χ4n) is 11.7. The predicted molar refractivity (Wildman–Crippen MR) is 288 cm³/mol. The summed E-state index contributed by atoms with van der Waals surface area (Å²) in [5.74, 6) is 0. The van der Waals surface area contributed by atoms with Gasteiger partial charge in [-0.25, -0.2) is 0 Å². The largest absolute Gasteiger partial charge is 0.456 e. The molecule has 0 amide bonds. The zero-order chi connectivity index (χ0) is 44.5. The van der Waals surface area contributed by atoms with E-state index in [4.69, 9.17) is 8.83 Å². The van der Waals surface area contributed by atoms with Crippen LogP contribution in [0, 0.1) is 0 Å². The quantitative estimate of drug-likeness (QED) is 0.165. The highest BCUT2D eigenvalue weighted by Crippen LogP contribution is 2.48. The highest BCUT2D eigenvalue weighted by molar-refractivity contribution is 6.29. The van der Waals surface area contributed by atoms with Crippen molar-refractivity contribution in [3.63, 3.8) is 0 Å². The van der Waals surface area contributed by atoms with Crippen LogP contribution in [-0.4, -0.2) is 0 Å². The monoisotopic (exact) mass is 862 g/mol. The van der Waals surface area contributed by atoms with Gasteiger partial charge in [0, 0.05) is 21.5 Å². The van der Waals surface area contributed by atoms with Crippen molar-refractivity contribution in [2.75, 3.05) is 0 Å². The van der Waals surface area contributed by atoms with E-state index in [-0.39, 0.29) is 0 Å². The molecule has 13 aromatic carbocycles. The number of benzene rings is 13. The third-order valence-electron chi connectivity index (χ3n) is 14.6. The average molecular weight is 863 g/mol. The van der Waals surface area contributed by atoms with E-state index in [0.717, 1.165) is 65.8 Å². The molecule has 15 aromatic rings. The second-order valence-electron chi connectivity index (χ2n) is 18.2. The van der Waals surface area contributed by atoms with Crippen LogP contribution in [0.1, 0.15) is 0 Å². The number of hydrogen-bond donors (Lipinski definition) is 0. The van der Waals surface area contributed by atoms with Gasteiger partial charge in [0.05, 0.1) is 0 Å². The maximum absolute atomic E-state index is 6.81. The molecule has 0 spiro atoms. The standard InChI is InChI=1S/C66H38O2/c1-2-15-40(16-3-1)61-45-18-6-8-20-47(45)63(48-21-9-7-19-46(48)61)43-28-30-55-59(37-43)67-57-34-32-54-53(65(55)57)33-35-58-66(54)56-31-29-44(38-60(56)68-58)64-51-24-12-10-22-49(51)62(50-23-11-13-25-52(50)64)42-27-26-39-14-4-5-17-41(39)36-42/h1-38H. The van der Waals surface area contributed by atoms with Crippen molar-refractivity contribution < 1.29 is 8.83 Å². The van der Waals surface area contributed by atoms with E-state index in [2.05, 4.69) is 231 Å². The third-order valence-corrected chi connectivity index (χ3v) is 14.6. The fourth-order valence-corrected chi connectivity index (χ4v) is 11.7. The van der Waals surface area contributed by atoms with E-state index in [1.165, 1.54) is 87.2 Å². The van der Waals surface area contributed by atoms with Crippen LogP contribution in [0.3, 0.4) is 0 Å². The van der Waals surface area contributed by atoms with Gasteiger partial charge in [-0.1, -0.05) is 176 Å². The molecule has 0 saturated heterocycles. The van der Waals surface area contributed by atoms with Gasteiger partial charge in [0.25, 0.3) is 0 Å². The molecule has 15 rings (SSSR count). The van der Waals surface area contributed by atoms with Crippen molar-refractivity contribution in [2.45, 2.75) is 0 Å². The Morgan fingerprint density at radius 2 is 0.529 bits per heavy atom. The molecule has 0 aliphatic rings. The molecule has 2 nitrogen and oxygen atoms in total. The zero-order valence-electron chi connectivity index (χ0n) is 36.8. The Kier molecular flexibility index (Phi) is 7.81. The van der Waals surface area contributed by atoms with Gasteiger partial charge < -0.3 is 8.83 Å². The minimum Gasteiger partial charge on any atom is -0.456 e. The molecule has 0 radical (unpaired) electrons. The molecule has 0 saturated carbocycles. The van der Waals surface area contributed by atoms with Crippen molar-refractivity contribution in [1.82, 2.24) is 0 Å². The Morgan fingerprint density at radius 3 is 0.971 bits per heavy atom. The van der Waals surface area contributed by atoms with Crippen LogP contribution < -0.4 is 0 Å². The highest BCUT2D eigenvalue weighted by atomic mass is 16.3. The zero-order valence-corrected chi connectivity index (χ0v) is 36.8. The van der Waals surface area contributed by atoms with Crippen LogP contribution in [0.25, 0.3) is 153 Å². The van der Waals surface area contributed by atoms with Gasteiger partial charge in [0.1, 0.15) is 22.3 Å².